The summed E-state index contributed by atoms with van der Waals surface area (Å²) >= 11 is 0. The maximum Gasteiger partial charge on any atom is 0.101 e. The number of hydrogen-bond donors (Lipinski definition) is 0. The van der Waals surface area contributed by atoms with Crippen molar-refractivity contribution < 1.29 is 9.47 Å². The van der Waals surface area contributed by atoms with E-state index in [1.807, 2.05) is 0 Å². The van der Waals surface area contributed by atoms with Gasteiger partial charge in [-0.2, -0.15) is 0 Å². The highest BCUT2D eigenvalue weighted by atomic mass is 16.5. The molecule has 2 fully saturated rings. The van der Waals surface area contributed by atoms with Gasteiger partial charge in [0.05, 0.1) is 18.9 Å². The van der Waals surface area contributed by atoms with Crippen LogP contribution in [0.2, 0.25) is 0 Å². The van der Waals surface area contributed by atoms with Gasteiger partial charge in [0.25, 0.3) is 0 Å². The van der Waals surface area contributed by atoms with E-state index in [1.54, 1.807) is 0 Å². The summed E-state index contributed by atoms with van der Waals surface area (Å²) in [5.74, 6) is 0. The fourth-order valence-corrected chi connectivity index (χ4v) is 2.18. The second-order valence-corrected chi connectivity index (χ2v) is 4.50. The van der Waals surface area contributed by atoms with Gasteiger partial charge in [-0.25, -0.2) is 0 Å². The Balaban J connectivity index is 1.96. The smallest absolute Gasteiger partial charge is 0.101 e. The van der Waals surface area contributed by atoms with Crippen LogP contribution in [0.15, 0.2) is 0 Å². The summed E-state index contributed by atoms with van der Waals surface area (Å²) in [5, 5.41) is 0. The topological polar surface area (TPSA) is 24.9 Å². The first-order chi connectivity index (χ1) is 7.31. The van der Waals surface area contributed by atoms with Gasteiger partial charge < -0.3 is 9.47 Å². The molecule has 0 aromatic rings. The average molecular weight is 214 g/mol. The lowest BCUT2D eigenvalue weighted by Gasteiger charge is -2.22. The Morgan fingerprint density at radius 2 is 1.40 bits per heavy atom. The Labute approximate surface area is 92.1 Å². The van der Waals surface area contributed by atoms with E-state index in [-0.39, 0.29) is 0 Å². The van der Waals surface area contributed by atoms with Gasteiger partial charge >= 0.3 is 0 Å². The number of ether oxygens (including phenoxy) is 2. The Hall–Kier alpha value is -0.160. The zero-order valence-electron chi connectivity index (χ0n) is 9.82. The third-order valence-electron chi connectivity index (χ3n) is 3.22. The molecule has 2 saturated heterocycles. The highest BCUT2D eigenvalue weighted by Gasteiger charge is 2.27. The second-order valence-electron chi connectivity index (χ2n) is 4.50. The molecule has 4 heteroatoms. The number of fused-ring (bicyclic) bond motifs is 2. The molecule has 2 rings (SSSR count). The van der Waals surface area contributed by atoms with E-state index in [2.05, 4.69) is 23.6 Å². The van der Waals surface area contributed by atoms with Crippen LogP contribution in [0.25, 0.3) is 0 Å². The molecule has 0 amide bonds. The van der Waals surface area contributed by atoms with Crippen molar-refractivity contribution in [3.05, 3.63) is 0 Å². The summed E-state index contributed by atoms with van der Waals surface area (Å²) in [6.07, 6.45) is 2.91. The largest absolute Gasteiger partial charge is 0.361 e. The Morgan fingerprint density at radius 3 is 1.80 bits per heavy atom. The van der Waals surface area contributed by atoms with Crippen molar-refractivity contribution in [1.82, 2.24) is 9.80 Å². The van der Waals surface area contributed by atoms with E-state index in [9.17, 15) is 0 Å². The van der Waals surface area contributed by atoms with Gasteiger partial charge in [0.1, 0.15) is 13.5 Å². The van der Waals surface area contributed by atoms with Crippen LogP contribution in [-0.4, -0.2) is 55.2 Å². The van der Waals surface area contributed by atoms with Crippen LogP contribution < -0.4 is 0 Å². The highest BCUT2D eigenvalue weighted by molar-refractivity contribution is 4.73. The van der Waals surface area contributed by atoms with E-state index in [0.717, 1.165) is 46.1 Å². The fraction of sp³-hybridized carbons (Fsp3) is 1.00. The fourth-order valence-electron chi connectivity index (χ4n) is 2.18. The van der Waals surface area contributed by atoms with E-state index in [1.165, 1.54) is 0 Å². The first-order valence-electron chi connectivity index (χ1n) is 5.99. The van der Waals surface area contributed by atoms with Gasteiger partial charge in [0, 0.05) is 13.1 Å². The van der Waals surface area contributed by atoms with Gasteiger partial charge in [0.15, 0.2) is 0 Å². The van der Waals surface area contributed by atoms with E-state index in [4.69, 9.17) is 9.47 Å². The molecule has 0 aliphatic carbocycles. The van der Waals surface area contributed by atoms with Crippen molar-refractivity contribution >= 4 is 0 Å². The van der Waals surface area contributed by atoms with E-state index < -0.39 is 0 Å². The molecule has 0 aromatic heterocycles. The normalized spacial score (nSPS) is 42.0. The summed E-state index contributed by atoms with van der Waals surface area (Å²) < 4.78 is 11.7. The van der Waals surface area contributed by atoms with Crippen molar-refractivity contribution in [2.75, 3.05) is 33.2 Å². The van der Waals surface area contributed by atoms with Gasteiger partial charge in [-0.15, -0.1) is 0 Å². The summed E-state index contributed by atoms with van der Waals surface area (Å²) in [4.78, 5) is 4.69. The molecule has 0 aromatic carbocycles. The van der Waals surface area contributed by atoms with Crippen molar-refractivity contribution in [2.24, 2.45) is 0 Å². The molecular formula is C11H22N2O2. The van der Waals surface area contributed by atoms with Crippen molar-refractivity contribution in [1.29, 1.82) is 0 Å². The predicted molar refractivity (Wildman–Crippen MR) is 58.3 cm³/mol. The van der Waals surface area contributed by atoms with Crippen LogP contribution in [0.3, 0.4) is 0 Å². The maximum absolute atomic E-state index is 5.84. The summed E-state index contributed by atoms with van der Waals surface area (Å²) in [7, 11) is 0. The molecule has 0 N–H and O–H groups in total. The molecular weight excluding hydrogens is 192 g/mol. The highest BCUT2D eigenvalue weighted by Crippen LogP contribution is 2.15. The molecule has 15 heavy (non-hydrogen) atoms. The molecule has 2 unspecified atom stereocenters. The minimum Gasteiger partial charge on any atom is -0.361 e. The molecule has 0 radical (unpaired) electrons. The molecule has 0 spiro atoms. The van der Waals surface area contributed by atoms with Crippen LogP contribution in [-0.2, 0) is 9.47 Å². The summed E-state index contributed by atoms with van der Waals surface area (Å²) in [6.45, 7) is 8.88. The molecule has 2 bridgehead atoms. The minimum absolute atomic E-state index is 0.372. The van der Waals surface area contributed by atoms with Gasteiger partial charge in [0.2, 0.25) is 0 Å². The van der Waals surface area contributed by atoms with Crippen molar-refractivity contribution in [2.45, 2.75) is 38.9 Å². The molecule has 4 atom stereocenters. The maximum atomic E-state index is 5.84. The van der Waals surface area contributed by atoms with Crippen LogP contribution in [0, 0.1) is 0 Å². The van der Waals surface area contributed by atoms with Gasteiger partial charge in [-0.3, -0.25) is 9.80 Å². The number of rotatable bonds is 2. The SMILES string of the molecule is CC[C@@H]1CN2CO[C@H](CC)CN(CO1)C2. The standard InChI is InChI=1S/C11H22N2O2/c1-3-10-5-12-7-13(8-14-10)6-11(4-2)15-9-12/h10-11H,3-9H2,1-2H3/t10-,11-/m1/s1. The first-order valence-corrected chi connectivity index (χ1v) is 5.99. The van der Waals surface area contributed by atoms with Gasteiger partial charge in [-0.05, 0) is 12.8 Å². The lowest BCUT2D eigenvalue weighted by atomic mass is 10.2. The Kier molecular flexibility index (Phi) is 3.97. The molecule has 4 nitrogen and oxygen atoms in total. The first kappa shape index (κ1) is 11.3. The number of nitrogens with zero attached hydrogens (tertiary/aromatic N) is 2. The monoisotopic (exact) mass is 214 g/mol. The van der Waals surface area contributed by atoms with Crippen LogP contribution >= 0.6 is 0 Å². The Bertz CT molecular complexity index is 181. The molecule has 88 valence electrons. The van der Waals surface area contributed by atoms with E-state index in [0.29, 0.717) is 12.2 Å². The lowest BCUT2D eigenvalue weighted by Crippen LogP contribution is -2.36. The summed E-state index contributed by atoms with van der Waals surface area (Å²) in [5.41, 5.74) is 0. The van der Waals surface area contributed by atoms with Crippen LogP contribution in [0.5, 0.6) is 0 Å². The predicted octanol–water partition coefficient (Wildman–Crippen LogP) is 1.08. The van der Waals surface area contributed by atoms with Crippen molar-refractivity contribution in [3.63, 3.8) is 0 Å². The average Bonchev–Trinajstić information content (AvgIpc) is 2.58. The number of hydrogen-bond acceptors (Lipinski definition) is 4. The van der Waals surface area contributed by atoms with Crippen LogP contribution in [0.4, 0.5) is 0 Å². The van der Waals surface area contributed by atoms with Crippen molar-refractivity contribution in [3.8, 4) is 0 Å². The lowest BCUT2D eigenvalue weighted by molar-refractivity contribution is -0.0457. The molecule has 2 aliphatic rings. The molecule has 2 heterocycles. The van der Waals surface area contributed by atoms with Crippen LogP contribution in [0.1, 0.15) is 26.7 Å². The second kappa shape index (κ2) is 5.25. The molecule has 2 aliphatic heterocycles. The zero-order valence-corrected chi connectivity index (χ0v) is 9.82. The third-order valence-corrected chi connectivity index (χ3v) is 3.22. The zero-order chi connectivity index (χ0) is 10.7. The Morgan fingerprint density at radius 1 is 0.933 bits per heavy atom. The van der Waals surface area contributed by atoms with E-state index >= 15 is 0 Å². The molecule has 0 saturated carbocycles. The third kappa shape index (κ3) is 2.91. The summed E-state index contributed by atoms with van der Waals surface area (Å²) in [6, 6.07) is 0. The minimum atomic E-state index is 0.372. The quantitative estimate of drug-likeness (QED) is 0.687. The van der Waals surface area contributed by atoms with Gasteiger partial charge in [-0.1, -0.05) is 13.8 Å².